The number of nitrogens with zero attached hydrogens (tertiary/aromatic N) is 2. The molecule has 1 atom stereocenters. The quantitative estimate of drug-likeness (QED) is 0.457. The first-order valence-corrected chi connectivity index (χ1v) is 10.6. The average molecular weight is 413 g/mol. The van der Waals surface area contributed by atoms with Crippen LogP contribution in [0.2, 0.25) is 0 Å². The van der Waals surface area contributed by atoms with Gasteiger partial charge in [0.05, 0.1) is 19.3 Å². The predicted molar refractivity (Wildman–Crippen MR) is 124 cm³/mol. The van der Waals surface area contributed by atoms with E-state index in [1.165, 1.54) is 11.1 Å². The minimum absolute atomic E-state index is 0.0613. The third kappa shape index (κ3) is 7.26. The van der Waals surface area contributed by atoms with Crippen molar-refractivity contribution in [3.8, 4) is 11.5 Å². The Hall–Kier alpha value is -2.73. The number of rotatable bonds is 10. The third-order valence-corrected chi connectivity index (χ3v) is 4.59. The van der Waals surface area contributed by atoms with Gasteiger partial charge < -0.3 is 25.0 Å². The molecule has 164 valence electrons. The second-order valence-corrected chi connectivity index (χ2v) is 7.42. The van der Waals surface area contributed by atoms with E-state index in [4.69, 9.17) is 9.47 Å². The van der Waals surface area contributed by atoms with Crippen molar-refractivity contribution in [1.82, 2.24) is 15.5 Å². The Bertz CT molecular complexity index is 821. The van der Waals surface area contributed by atoms with Crippen molar-refractivity contribution in [3.63, 3.8) is 0 Å². The van der Waals surface area contributed by atoms with Crippen LogP contribution in [0, 0.1) is 0 Å². The molecule has 0 saturated heterocycles. The maximum absolute atomic E-state index is 5.75. The largest absolute Gasteiger partial charge is 0.490 e. The SMILES string of the molecule is CCOc1ccc(C(C)NC(=NC)NCc2cccc(CN(C)C)c2)cc1OCC. The summed E-state index contributed by atoms with van der Waals surface area (Å²) in [5, 5.41) is 6.86. The number of nitrogens with one attached hydrogen (secondary N) is 2. The van der Waals surface area contributed by atoms with Crippen molar-refractivity contribution >= 4 is 5.96 Å². The summed E-state index contributed by atoms with van der Waals surface area (Å²) in [4.78, 5) is 6.54. The Balaban J connectivity index is 2.01. The molecule has 1 unspecified atom stereocenters. The predicted octanol–water partition coefficient (Wildman–Crippen LogP) is 3.97. The van der Waals surface area contributed by atoms with Gasteiger partial charge in [0.15, 0.2) is 17.5 Å². The van der Waals surface area contributed by atoms with E-state index in [-0.39, 0.29) is 6.04 Å². The number of benzene rings is 2. The van der Waals surface area contributed by atoms with Gasteiger partial charge in [-0.05, 0) is 63.7 Å². The molecule has 2 N–H and O–H groups in total. The van der Waals surface area contributed by atoms with E-state index in [0.29, 0.717) is 19.8 Å². The van der Waals surface area contributed by atoms with E-state index in [9.17, 15) is 0 Å². The molecule has 0 amide bonds. The van der Waals surface area contributed by atoms with E-state index in [1.54, 1.807) is 7.05 Å². The number of guanidine groups is 1. The summed E-state index contributed by atoms with van der Waals surface area (Å²) in [6.07, 6.45) is 0. The van der Waals surface area contributed by atoms with Gasteiger partial charge in [0.2, 0.25) is 0 Å². The summed E-state index contributed by atoms with van der Waals surface area (Å²) < 4.78 is 11.4. The minimum atomic E-state index is 0.0613. The molecule has 0 aliphatic carbocycles. The Morgan fingerprint density at radius 3 is 2.37 bits per heavy atom. The van der Waals surface area contributed by atoms with Crippen LogP contribution in [0.3, 0.4) is 0 Å². The second-order valence-electron chi connectivity index (χ2n) is 7.42. The molecule has 0 bridgehead atoms. The highest BCUT2D eigenvalue weighted by atomic mass is 16.5. The van der Waals surface area contributed by atoms with E-state index >= 15 is 0 Å². The van der Waals surface area contributed by atoms with Crippen LogP contribution < -0.4 is 20.1 Å². The summed E-state index contributed by atoms with van der Waals surface area (Å²) in [6.45, 7) is 8.90. The first-order valence-electron chi connectivity index (χ1n) is 10.6. The minimum Gasteiger partial charge on any atom is -0.490 e. The molecule has 0 fully saturated rings. The fraction of sp³-hybridized carbons (Fsp3) is 0.458. The first-order chi connectivity index (χ1) is 14.5. The van der Waals surface area contributed by atoms with Gasteiger partial charge >= 0.3 is 0 Å². The molecule has 2 rings (SSSR count). The maximum Gasteiger partial charge on any atom is 0.191 e. The van der Waals surface area contributed by atoms with Gasteiger partial charge in [-0.1, -0.05) is 30.3 Å². The fourth-order valence-electron chi connectivity index (χ4n) is 3.21. The highest BCUT2D eigenvalue weighted by Crippen LogP contribution is 2.30. The topological polar surface area (TPSA) is 58.1 Å². The van der Waals surface area contributed by atoms with Crippen LogP contribution in [0.25, 0.3) is 0 Å². The summed E-state index contributed by atoms with van der Waals surface area (Å²) in [7, 11) is 5.94. The van der Waals surface area contributed by atoms with E-state index in [2.05, 4.69) is 71.9 Å². The molecule has 0 saturated carbocycles. The monoisotopic (exact) mass is 412 g/mol. The molecule has 6 heteroatoms. The van der Waals surface area contributed by atoms with Crippen LogP contribution in [0.15, 0.2) is 47.5 Å². The Labute approximate surface area is 181 Å². The van der Waals surface area contributed by atoms with Crippen molar-refractivity contribution < 1.29 is 9.47 Å². The van der Waals surface area contributed by atoms with Crippen molar-refractivity contribution in [2.75, 3.05) is 34.4 Å². The fourth-order valence-corrected chi connectivity index (χ4v) is 3.21. The number of ether oxygens (including phenoxy) is 2. The summed E-state index contributed by atoms with van der Waals surface area (Å²) in [6, 6.07) is 14.7. The lowest BCUT2D eigenvalue weighted by atomic mass is 10.1. The molecule has 6 nitrogen and oxygen atoms in total. The standard InChI is InChI=1S/C24H36N4O2/c1-7-29-22-13-12-21(15-23(22)30-8-2)18(3)27-24(25-4)26-16-19-10-9-11-20(14-19)17-28(5)6/h9-15,18H,7-8,16-17H2,1-6H3,(H2,25,26,27). The van der Waals surface area contributed by atoms with Gasteiger partial charge in [0.25, 0.3) is 0 Å². The van der Waals surface area contributed by atoms with Gasteiger partial charge in [-0.15, -0.1) is 0 Å². The van der Waals surface area contributed by atoms with Crippen molar-refractivity contribution in [2.45, 2.75) is 39.9 Å². The van der Waals surface area contributed by atoms with E-state index in [1.807, 2.05) is 26.0 Å². The van der Waals surface area contributed by atoms with Crippen molar-refractivity contribution in [2.24, 2.45) is 4.99 Å². The molecule has 2 aromatic rings. The Morgan fingerprint density at radius 2 is 1.70 bits per heavy atom. The molecule has 0 aromatic heterocycles. The average Bonchev–Trinajstić information content (AvgIpc) is 2.72. The zero-order valence-electron chi connectivity index (χ0n) is 19.2. The van der Waals surface area contributed by atoms with Gasteiger partial charge in [0.1, 0.15) is 0 Å². The second kappa shape index (κ2) is 12.1. The third-order valence-electron chi connectivity index (χ3n) is 4.59. The van der Waals surface area contributed by atoms with Crippen molar-refractivity contribution in [3.05, 3.63) is 59.2 Å². The maximum atomic E-state index is 5.75. The van der Waals surface area contributed by atoms with E-state index < -0.39 is 0 Å². The van der Waals surface area contributed by atoms with Crippen LogP contribution in [-0.2, 0) is 13.1 Å². The molecule has 2 aromatic carbocycles. The lowest BCUT2D eigenvalue weighted by Gasteiger charge is -2.20. The highest BCUT2D eigenvalue weighted by Gasteiger charge is 2.12. The van der Waals surface area contributed by atoms with Crippen LogP contribution in [-0.4, -0.2) is 45.2 Å². The van der Waals surface area contributed by atoms with Gasteiger partial charge in [-0.3, -0.25) is 4.99 Å². The number of aliphatic imine (C=N–C) groups is 1. The normalized spacial score (nSPS) is 12.6. The Kier molecular flexibility index (Phi) is 9.48. The molecule has 0 spiro atoms. The van der Waals surface area contributed by atoms with Crippen LogP contribution >= 0.6 is 0 Å². The number of hydrogen-bond acceptors (Lipinski definition) is 4. The van der Waals surface area contributed by atoms with Gasteiger partial charge in [-0.25, -0.2) is 0 Å². The van der Waals surface area contributed by atoms with Crippen molar-refractivity contribution in [1.29, 1.82) is 0 Å². The van der Waals surface area contributed by atoms with Crippen LogP contribution in [0.1, 0.15) is 43.5 Å². The first kappa shape index (κ1) is 23.5. The van der Waals surface area contributed by atoms with E-state index in [0.717, 1.165) is 29.6 Å². The highest BCUT2D eigenvalue weighted by molar-refractivity contribution is 5.80. The lowest BCUT2D eigenvalue weighted by Crippen LogP contribution is -2.38. The Morgan fingerprint density at radius 1 is 1.00 bits per heavy atom. The molecule has 0 radical (unpaired) electrons. The summed E-state index contributed by atoms with van der Waals surface area (Å²) in [5.41, 5.74) is 3.64. The van der Waals surface area contributed by atoms with Crippen LogP contribution in [0.5, 0.6) is 11.5 Å². The number of hydrogen-bond donors (Lipinski definition) is 2. The van der Waals surface area contributed by atoms with Crippen LogP contribution in [0.4, 0.5) is 0 Å². The smallest absolute Gasteiger partial charge is 0.191 e. The molecule has 30 heavy (non-hydrogen) atoms. The van der Waals surface area contributed by atoms with Gasteiger partial charge in [0, 0.05) is 20.1 Å². The zero-order chi connectivity index (χ0) is 21.9. The lowest BCUT2D eigenvalue weighted by molar-refractivity contribution is 0.287. The molecule has 0 aliphatic heterocycles. The summed E-state index contributed by atoms with van der Waals surface area (Å²) >= 11 is 0. The summed E-state index contributed by atoms with van der Waals surface area (Å²) in [5.74, 6) is 2.30. The zero-order valence-corrected chi connectivity index (χ0v) is 19.2. The van der Waals surface area contributed by atoms with Gasteiger partial charge in [-0.2, -0.15) is 0 Å². The molecular formula is C24H36N4O2. The molecule has 0 heterocycles. The molecule has 0 aliphatic rings. The molecular weight excluding hydrogens is 376 g/mol.